The molecule has 2 unspecified atom stereocenters. The van der Waals surface area contributed by atoms with Crippen molar-refractivity contribution < 1.29 is 23.8 Å². The fraction of sp³-hybridized carbons (Fsp3) is 0.500. The molecule has 1 aromatic heterocycles. The summed E-state index contributed by atoms with van der Waals surface area (Å²) in [6, 6.07) is 0.763. The van der Waals surface area contributed by atoms with Crippen LogP contribution in [0.3, 0.4) is 0 Å². The van der Waals surface area contributed by atoms with Crippen molar-refractivity contribution in [2.24, 2.45) is 0 Å². The van der Waals surface area contributed by atoms with Crippen LogP contribution in [-0.4, -0.2) is 47.7 Å². The Bertz CT molecular complexity index is 467. The number of rotatable bonds is 3. The van der Waals surface area contributed by atoms with Gasteiger partial charge in [-0.15, -0.1) is 0 Å². The van der Waals surface area contributed by atoms with E-state index in [0.717, 1.165) is 0 Å². The first-order valence-corrected chi connectivity index (χ1v) is 5.64. The number of likely N-dealkylation sites (tertiary alicyclic amines) is 1. The minimum absolute atomic E-state index is 0.233. The van der Waals surface area contributed by atoms with Gasteiger partial charge in [0.1, 0.15) is 18.1 Å². The van der Waals surface area contributed by atoms with E-state index in [1.54, 1.807) is 13.0 Å². The molecule has 0 spiro atoms. The van der Waals surface area contributed by atoms with Gasteiger partial charge in [-0.05, 0) is 13.0 Å². The van der Waals surface area contributed by atoms with Gasteiger partial charge in [-0.3, -0.25) is 4.79 Å². The van der Waals surface area contributed by atoms with Crippen LogP contribution in [0.25, 0.3) is 0 Å². The summed E-state index contributed by atoms with van der Waals surface area (Å²) in [6.45, 7) is 2.02. The summed E-state index contributed by atoms with van der Waals surface area (Å²) < 4.78 is 10.2. The zero-order valence-corrected chi connectivity index (χ0v) is 10.3. The number of carbonyl (C=O) groups is 2. The van der Waals surface area contributed by atoms with Crippen molar-refractivity contribution in [3.05, 3.63) is 23.7 Å². The lowest BCUT2D eigenvalue weighted by Gasteiger charge is -2.20. The number of hydrogen-bond donors (Lipinski definition) is 1. The molecular formula is C12H15NO5. The highest BCUT2D eigenvalue weighted by Crippen LogP contribution is 2.23. The number of ether oxygens (including phenoxy) is 1. The second-order valence-corrected chi connectivity index (χ2v) is 4.35. The standard InChI is InChI=1S/C12H15NO5/c1-7-3-8(6-18-7)11(14)13-5-9(17-2)4-10(13)12(15)16/h3,6,9-10H,4-5H2,1-2H3,(H,15,16). The molecule has 1 fully saturated rings. The van der Waals surface area contributed by atoms with E-state index in [1.165, 1.54) is 18.3 Å². The van der Waals surface area contributed by atoms with E-state index in [-0.39, 0.29) is 18.6 Å². The van der Waals surface area contributed by atoms with Crippen molar-refractivity contribution in [1.29, 1.82) is 0 Å². The lowest BCUT2D eigenvalue weighted by molar-refractivity contribution is -0.141. The minimum atomic E-state index is -1.01. The number of furan rings is 1. The van der Waals surface area contributed by atoms with Crippen LogP contribution in [0.15, 0.2) is 16.7 Å². The topological polar surface area (TPSA) is 80.0 Å². The van der Waals surface area contributed by atoms with Gasteiger partial charge in [0.15, 0.2) is 0 Å². The molecule has 6 nitrogen and oxygen atoms in total. The third kappa shape index (κ3) is 2.24. The Kier molecular flexibility index (Phi) is 3.38. The van der Waals surface area contributed by atoms with Gasteiger partial charge in [0.2, 0.25) is 0 Å². The van der Waals surface area contributed by atoms with Crippen LogP contribution in [0, 0.1) is 6.92 Å². The van der Waals surface area contributed by atoms with Crippen molar-refractivity contribution >= 4 is 11.9 Å². The summed E-state index contributed by atoms with van der Waals surface area (Å²) in [4.78, 5) is 24.6. The molecule has 2 rings (SSSR count). The van der Waals surface area contributed by atoms with E-state index in [0.29, 0.717) is 17.7 Å². The highest BCUT2D eigenvalue weighted by molar-refractivity contribution is 5.96. The molecular weight excluding hydrogens is 238 g/mol. The lowest BCUT2D eigenvalue weighted by Crippen LogP contribution is -2.40. The smallest absolute Gasteiger partial charge is 0.326 e. The fourth-order valence-corrected chi connectivity index (χ4v) is 2.15. The van der Waals surface area contributed by atoms with Crippen LogP contribution in [0.1, 0.15) is 22.5 Å². The highest BCUT2D eigenvalue weighted by Gasteiger charge is 2.40. The zero-order chi connectivity index (χ0) is 13.3. The maximum Gasteiger partial charge on any atom is 0.326 e. The molecule has 0 aliphatic carbocycles. The zero-order valence-electron chi connectivity index (χ0n) is 10.3. The summed E-state index contributed by atoms with van der Waals surface area (Å²) in [5.74, 6) is -0.727. The predicted octanol–water partition coefficient (Wildman–Crippen LogP) is 0.902. The first-order chi connectivity index (χ1) is 8.52. The Morgan fingerprint density at radius 2 is 2.28 bits per heavy atom. The Morgan fingerprint density at radius 3 is 2.78 bits per heavy atom. The molecule has 18 heavy (non-hydrogen) atoms. The van der Waals surface area contributed by atoms with Crippen LogP contribution in [-0.2, 0) is 9.53 Å². The number of methoxy groups -OCH3 is 1. The first kappa shape index (κ1) is 12.6. The quantitative estimate of drug-likeness (QED) is 0.865. The van der Waals surface area contributed by atoms with Crippen LogP contribution in [0.4, 0.5) is 0 Å². The second-order valence-electron chi connectivity index (χ2n) is 4.35. The van der Waals surface area contributed by atoms with Crippen LogP contribution in [0.2, 0.25) is 0 Å². The number of aliphatic carboxylic acids is 1. The number of aryl methyl sites for hydroxylation is 1. The van der Waals surface area contributed by atoms with Crippen molar-refractivity contribution in [1.82, 2.24) is 4.90 Å². The molecule has 1 N–H and O–H groups in total. The maximum atomic E-state index is 12.2. The number of carboxylic acid groups (broad SMARTS) is 1. The minimum Gasteiger partial charge on any atom is -0.480 e. The molecule has 2 heterocycles. The maximum absolute atomic E-state index is 12.2. The Morgan fingerprint density at radius 1 is 1.56 bits per heavy atom. The van der Waals surface area contributed by atoms with E-state index in [4.69, 9.17) is 14.3 Å². The summed E-state index contributed by atoms with van der Waals surface area (Å²) in [5, 5.41) is 9.13. The van der Waals surface area contributed by atoms with Crippen LogP contribution in [0.5, 0.6) is 0 Å². The Balaban J connectivity index is 2.20. The fourth-order valence-electron chi connectivity index (χ4n) is 2.15. The normalized spacial score (nSPS) is 23.3. The van der Waals surface area contributed by atoms with E-state index in [1.807, 2.05) is 0 Å². The molecule has 0 radical (unpaired) electrons. The largest absolute Gasteiger partial charge is 0.480 e. The number of carboxylic acids is 1. The molecule has 0 saturated carbocycles. The molecule has 1 aliphatic heterocycles. The summed E-state index contributed by atoms with van der Waals surface area (Å²) in [6.07, 6.45) is 1.42. The van der Waals surface area contributed by atoms with E-state index in [2.05, 4.69) is 0 Å². The molecule has 1 aliphatic rings. The number of nitrogens with zero attached hydrogens (tertiary/aromatic N) is 1. The van der Waals surface area contributed by atoms with Gasteiger partial charge >= 0.3 is 5.97 Å². The average Bonchev–Trinajstić information content (AvgIpc) is 2.93. The van der Waals surface area contributed by atoms with Gasteiger partial charge in [-0.2, -0.15) is 0 Å². The number of carbonyl (C=O) groups excluding carboxylic acids is 1. The molecule has 2 atom stereocenters. The van der Waals surface area contributed by atoms with Gasteiger partial charge in [-0.1, -0.05) is 0 Å². The Labute approximate surface area is 104 Å². The van der Waals surface area contributed by atoms with E-state index in [9.17, 15) is 9.59 Å². The van der Waals surface area contributed by atoms with Gasteiger partial charge in [0.05, 0.1) is 11.7 Å². The van der Waals surface area contributed by atoms with Gasteiger partial charge < -0.3 is 19.2 Å². The van der Waals surface area contributed by atoms with Crippen LogP contribution >= 0.6 is 0 Å². The third-order valence-electron chi connectivity index (χ3n) is 3.12. The Hall–Kier alpha value is -1.82. The van der Waals surface area contributed by atoms with Gasteiger partial charge in [-0.25, -0.2) is 4.79 Å². The third-order valence-corrected chi connectivity index (χ3v) is 3.12. The van der Waals surface area contributed by atoms with Crippen LogP contribution < -0.4 is 0 Å². The van der Waals surface area contributed by atoms with E-state index < -0.39 is 12.0 Å². The average molecular weight is 253 g/mol. The number of amides is 1. The van der Waals surface area contributed by atoms with Crippen molar-refractivity contribution in [2.75, 3.05) is 13.7 Å². The molecule has 0 bridgehead atoms. The van der Waals surface area contributed by atoms with Crippen molar-refractivity contribution in [3.63, 3.8) is 0 Å². The first-order valence-electron chi connectivity index (χ1n) is 5.64. The molecule has 98 valence electrons. The summed E-state index contributed by atoms with van der Waals surface area (Å²) in [7, 11) is 1.51. The number of hydrogen-bond acceptors (Lipinski definition) is 4. The highest BCUT2D eigenvalue weighted by atomic mass is 16.5. The van der Waals surface area contributed by atoms with Gasteiger partial charge in [0, 0.05) is 20.1 Å². The molecule has 1 saturated heterocycles. The molecule has 1 amide bonds. The monoisotopic (exact) mass is 253 g/mol. The summed E-state index contributed by atoms with van der Waals surface area (Å²) >= 11 is 0. The van der Waals surface area contributed by atoms with E-state index >= 15 is 0 Å². The lowest BCUT2D eigenvalue weighted by atomic mass is 10.2. The molecule has 0 aromatic carbocycles. The molecule has 1 aromatic rings. The molecule has 6 heteroatoms. The van der Waals surface area contributed by atoms with Crippen molar-refractivity contribution in [2.45, 2.75) is 25.5 Å². The van der Waals surface area contributed by atoms with Crippen molar-refractivity contribution in [3.8, 4) is 0 Å². The van der Waals surface area contributed by atoms with Gasteiger partial charge in [0.25, 0.3) is 5.91 Å². The SMILES string of the molecule is COC1CC(C(=O)O)N(C(=O)c2coc(C)c2)C1. The summed E-state index contributed by atoms with van der Waals surface area (Å²) in [5.41, 5.74) is 0.371. The second kappa shape index (κ2) is 4.81. The predicted molar refractivity (Wildman–Crippen MR) is 61.3 cm³/mol.